The predicted octanol–water partition coefficient (Wildman–Crippen LogP) is 5.10. The summed E-state index contributed by atoms with van der Waals surface area (Å²) in [6.45, 7) is 0.395. The van der Waals surface area contributed by atoms with Gasteiger partial charge in [-0.05, 0) is 41.5 Å². The summed E-state index contributed by atoms with van der Waals surface area (Å²) in [6.07, 6.45) is 1.56. The Kier molecular flexibility index (Phi) is 7.55. The van der Waals surface area contributed by atoms with Crippen LogP contribution in [0.4, 0.5) is 5.95 Å². The number of benzene rings is 3. The third-order valence-corrected chi connectivity index (χ3v) is 5.43. The lowest BCUT2D eigenvalue weighted by atomic mass is 10.1. The van der Waals surface area contributed by atoms with Crippen LogP contribution in [0.25, 0.3) is 11.3 Å². The summed E-state index contributed by atoms with van der Waals surface area (Å²) < 4.78 is 12.4. The monoisotopic (exact) mass is 529 g/mol. The normalized spacial score (nSPS) is 10.7. The molecule has 0 unspecified atom stereocenters. The molecule has 4 rings (SSSR count). The summed E-state index contributed by atoms with van der Waals surface area (Å²) in [5.74, 6) is 1.27. The van der Waals surface area contributed by atoms with Crippen molar-refractivity contribution in [3.05, 3.63) is 104 Å². The summed E-state index contributed by atoms with van der Waals surface area (Å²) in [6, 6.07) is 24.2. The number of nitrogens with one attached hydrogen (secondary N) is 2. The maximum Gasteiger partial charge on any atom is 0.270 e. The molecule has 2 N–H and O–H groups in total. The van der Waals surface area contributed by atoms with Gasteiger partial charge in [-0.25, -0.2) is 10.4 Å². The maximum atomic E-state index is 12.4. The summed E-state index contributed by atoms with van der Waals surface area (Å²) in [7, 11) is 1.57. The molecule has 0 aliphatic carbocycles. The fourth-order valence-corrected chi connectivity index (χ4v) is 3.72. The molecule has 0 saturated carbocycles. The number of aromatic nitrogens is 2. The fourth-order valence-electron chi connectivity index (χ4n) is 3.27. The van der Waals surface area contributed by atoms with Crippen LogP contribution >= 0.6 is 15.9 Å². The molecule has 0 fully saturated rings. The Morgan fingerprint density at radius 2 is 1.94 bits per heavy atom. The minimum absolute atomic E-state index is 0.0612. The van der Waals surface area contributed by atoms with E-state index in [4.69, 9.17) is 9.47 Å². The highest BCUT2D eigenvalue weighted by Gasteiger charge is 2.13. The lowest BCUT2D eigenvalue weighted by molar-refractivity contribution is 0.284. The first-order chi connectivity index (χ1) is 17.1. The quantitative estimate of drug-likeness (QED) is 0.242. The van der Waals surface area contributed by atoms with Gasteiger partial charge in [0, 0.05) is 10.0 Å². The van der Waals surface area contributed by atoms with Crippen molar-refractivity contribution in [1.29, 1.82) is 5.26 Å². The Balaban J connectivity index is 1.49. The molecule has 3 aromatic carbocycles. The van der Waals surface area contributed by atoms with Gasteiger partial charge in [0.1, 0.15) is 18.2 Å². The van der Waals surface area contributed by atoms with Crippen molar-refractivity contribution in [1.82, 2.24) is 9.97 Å². The number of halogens is 1. The third-order valence-electron chi connectivity index (χ3n) is 4.93. The van der Waals surface area contributed by atoms with Gasteiger partial charge >= 0.3 is 0 Å². The zero-order chi connectivity index (χ0) is 24.6. The van der Waals surface area contributed by atoms with Crippen LogP contribution in [0.5, 0.6) is 11.5 Å². The van der Waals surface area contributed by atoms with Crippen molar-refractivity contribution in [2.45, 2.75) is 6.61 Å². The van der Waals surface area contributed by atoms with Crippen LogP contribution in [0.15, 0.2) is 87.2 Å². The first-order valence-corrected chi connectivity index (χ1v) is 11.3. The minimum atomic E-state index is -0.548. The van der Waals surface area contributed by atoms with Gasteiger partial charge < -0.3 is 9.47 Å². The number of aromatic amines is 1. The molecule has 0 saturated heterocycles. The lowest BCUT2D eigenvalue weighted by Crippen LogP contribution is -2.16. The Morgan fingerprint density at radius 1 is 1.11 bits per heavy atom. The molecule has 9 heteroatoms. The number of hydrazone groups is 1. The molecule has 4 aromatic rings. The number of rotatable bonds is 8. The van der Waals surface area contributed by atoms with Gasteiger partial charge in [-0.3, -0.25) is 9.78 Å². The predicted molar refractivity (Wildman–Crippen MR) is 138 cm³/mol. The van der Waals surface area contributed by atoms with Gasteiger partial charge in [0.05, 0.1) is 19.0 Å². The van der Waals surface area contributed by atoms with Crippen LogP contribution in [0.3, 0.4) is 0 Å². The van der Waals surface area contributed by atoms with Gasteiger partial charge in [-0.15, -0.1) is 0 Å². The number of ether oxygens (including phenoxy) is 2. The number of nitriles is 1. The maximum absolute atomic E-state index is 12.4. The number of methoxy groups -OCH3 is 1. The largest absolute Gasteiger partial charge is 0.493 e. The first kappa shape index (κ1) is 23.7. The second-order valence-corrected chi connectivity index (χ2v) is 8.23. The van der Waals surface area contributed by atoms with Crippen LogP contribution in [0.1, 0.15) is 16.7 Å². The highest BCUT2D eigenvalue weighted by atomic mass is 79.9. The van der Waals surface area contributed by atoms with Crippen molar-refractivity contribution >= 4 is 28.1 Å². The molecule has 0 bridgehead atoms. The topological polar surface area (TPSA) is 112 Å². The second-order valence-electron chi connectivity index (χ2n) is 7.31. The Hall–Kier alpha value is -4.42. The van der Waals surface area contributed by atoms with E-state index in [-0.39, 0.29) is 17.2 Å². The molecule has 174 valence electrons. The Labute approximate surface area is 210 Å². The van der Waals surface area contributed by atoms with Crippen LogP contribution in [0, 0.1) is 11.3 Å². The molecule has 8 nitrogen and oxygen atoms in total. The first-order valence-electron chi connectivity index (χ1n) is 10.5. The van der Waals surface area contributed by atoms with Gasteiger partial charge in [0.25, 0.3) is 5.56 Å². The van der Waals surface area contributed by atoms with Gasteiger partial charge in [0.2, 0.25) is 5.95 Å². The van der Waals surface area contributed by atoms with E-state index < -0.39 is 5.56 Å². The van der Waals surface area contributed by atoms with Crippen LogP contribution < -0.4 is 20.5 Å². The van der Waals surface area contributed by atoms with E-state index in [1.807, 2.05) is 54.6 Å². The van der Waals surface area contributed by atoms with E-state index in [1.165, 1.54) is 0 Å². The summed E-state index contributed by atoms with van der Waals surface area (Å²) >= 11 is 3.45. The SMILES string of the molecule is COc1cc(C=NNc2nc(-c3ccccc3)c(C#N)c(=O)[nH]2)ccc1OCc1cccc(Br)c1. The summed E-state index contributed by atoms with van der Waals surface area (Å²) in [5.41, 5.74) is 4.81. The molecular formula is C26H20BrN5O3. The highest BCUT2D eigenvalue weighted by Crippen LogP contribution is 2.28. The average Bonchev–Trinajstić information content (AvgIpc) is 2.88. The van der Waals surface area contributed by atoms with Crippen molar-refractivity contribution in [3.63, 3.8) is 0 Å². The third kappa shape index (κ3) is 5.93. The van der Waals surface area contributed by atoms with Crippen LogP contribution in [-0.2, 0) is 6.61 Å². The zero-order valence-electron chi connectivity index (χ0n) is 18.7. The van der Waals surface area contributed by atoms with E-state index >= 15 is 0 Å². The molecule has 1 aromatic heterocycles. The molecule has 0 radical (unpaired) electrons. The molecule has 1 heterocycles. The fraction of sp³-hybridized carbons (Fsp3) is 0.0769. The highest BCUT2D eigenvalue weighted by molar-refractivity contribution is 9.10. The van der Waals surface area contributed by atoms with E-state index in [2.05, 4.69) is 36.4 Å². The minimum Gasteiger partial charge on any atom is -0.493 e. The van der Waals surface area contributed by atoms with Crippen molar-refractivity contribution in [2.24, 2.45) is 5.10 Å². The Bertz CT molecular complexity index is 1460. The lowest BCUT2D eigenvalue weighted by Gasteiger charge is -2.11. The number of H-pyrrole nitrogens is 1. The van der Waals surface area contributed by atoms with Crippen molar-refractivity contribution in [3.8, 4) is 28.8 Å². The average molecular weight is 530 g/mol. The molecule has 0 aliphatic heterocycles. The molecule has 0 atom stereocenters. The van der Waals surface area contributed by atoms with Crippen molar-refractivity contribution in [2.75, 3.05) is 12.5 Å². The number of hydrogen-bond donors (Lipinski definition) is 2. The molecule has 0 spiro atoms. The standard InChI is InChI=1S/C26H20BrN5O3/c1-34-23-13-17(10-11-22(23)35-16-18-6-5-9-20(27)12-18)15-29-32-26-30-24(19-7-3-2-4-8-19)21(14-28)25(33)31-26/h2-13,15H,16H2,1H3,(H2,30,31,32,33). The van der Waals surface area contributed by atoms with Crippen LogP contribution in [0.2, 0.25) is 0 Å². The second kappa shape index (κ2) is 11.1. The van der Waals surface area contributed by atoms with Gasteiger partial charge in [-0.2, -0.15) is 10.4 Å². The number of nitrogens with zero attached hydrogens (tertiary/aromatic N) is 3. The molecule has 0 amide bonds. The van der Waals surface area contributed by atoms with E-state index in [1.54, 1.807) is 37.6 Å². The van der Waals surface area contributed by atoms with E-state index in [9.17, 15) is 10.1 Å². The molecular weight excluding hydrogens is 510 g/mol. The summed E-state index contributed by atoms with van der Waals surface area (Å²) in [4.78, 5) is 19.3. The van der Waals surface area contributed by atoms with E-state index in [0.717, 1.165) is 15.6 Å². The zero-order valence-corrected chi connectivity index (χ0v) is 20.2. The van der Waals surface area contributed by atoms with E-state index in [0.29, 0.717) is 23.7 Å². The smallest absolute Gasteiger partial charge is 0.270 e. The number of hydrogen-bond acceptors (Lipinski definition) is 7. The van der Waals surface area contributed by atoms with Crippen molar-refractivity contribution < 1.29 is 9.47 Å². The van der Waals surface area contributed by atoms with Gasteiger partial charge in [0.15, 0.2) is 11.5 Å². The van der Waals surface area contributed by atoms with Crippen LogP contribution in [-0.4, -0.2) is 23.3 Å². The molecule has 35 heavy (non-hydrogen) atoms. The van der Waals surface area contributed by atoms with Gasteiger partial charge in [-0.1, -0.05) is 58.4 Å². The summed E-state index contributed by atoms with van der Waals surface area (Å²) in [5, 5.41) is 13.5. The molecule has 0 aliphatic rings. The Morgan fingerprint density at radius 3 is 2.69 bits per heavy atom. The number of anilines is 1.